The van der Waals surface area contributed by atoms with Crippen molar-refractivity contribution in [2.75, 3.05) is 0 Å². The summed E-state index contributed by atoms with van der Waals surface area (Å²) in [5, 5.41) is 7.79. The van der Waals surface area contributed by atoms with Crippen LogP contribution in [0.25, 0.3) is 43.6 Å². The van der Waals surface area contributed by atoms with Gasteiger partial charge in [-0.15, -0.1) is 0 Å². The van der Waals surface area contributed by atoms with E-state index in [4.69, 9.17) is 4.74 Å². The molecule has 6 rings (SSSR count). The monoisotopic (exact) mass is 502 g/mol. The Morgan fingerprint density at radius 1 is 0.895 bits per heavy atom. The molecule has 2 heterocycles. The van der Waals surface area contributed by atoms with Crippen molar-refractivity contribution in [3.63, 3.8) is 0 Å². The van der Waals surface area contributed by atoms with E-state index in [-0.39, 0.29) is 5.41 Å². The van der Waals surface area contributed by atoms with Crippen LogP contribution in [0.15, 0.2) is 54.7 Å². The van der Waals surface area contributed by atoms with Gasteiger partial charge < -0.3 is 4.74 Å². The van der Waals surface area contributed by atoms with Crippen molar-refractivity contribution in [2.45, 2.75) is 73.1 Å². The Kier molecular flexibility index (Phi) is 5.79. The number of rotatable bonds is 4. The lowest BCUT2D eigenvalue weighted by Crippen LogP contribution is -2.32. The van der Waals surface area contributed by atoms with Gasteiger partial charge in [0, 0.05) is 17.0 Å². The van der Waals surface area contributed by atoms with Crippen molar-refractivity contribution in [1.82, 2.24) is 0 Å². The number of benzene rings is 4. The molecule has 0 saturated carbocycles. The summed E-state index contributed by atoms with van der Waals surface area (Å²) in [7, 11) is 2.18. The normalized spacial score (nSPS) is 13.0. The Bertz CT molecular complexity index is 1750. The molecular weight excluding hydrogens is 462 g/mol. The third-order valence-corrected chi connectivity index (χ3v) is 8.33. The molecule has 194 valence electrons. The fourth-order valence-corrected chi connectivity index (χ4v) is 6.66. The lowest BCUT2D eigenvalue weighted by Gasteiger charge is -2.27. The van der Waals surface area contributed by atoms with Gasteiger partial charge >= 0.3 is 0 Å². The van der Waals surface area contributed by atoms with E-state index < -0.39 is 0 Å². The van der Waals surface area contributed by atoms with Crippen molar-refractivity contribution in [3.8, 4) is 22.8 Å². The number of hydrogen-bond donors (Lipinski definition) is 0. The van der Waals surface area contributed by atoms with Gasteiger partial charge in [0.2, 0.25) is 5.69 Å². The smallest absolute Gasteiger partial charge is 0.228 e. The Morgan fingerprint density at radius 2 is 1.68 bits per heavy atom. The Labute approximate surface area is 227 Å². The van der Waals surface area contributed by atoms with Gasteiger partial charge in [-0.25, -0.2) is 4.57 Å². The van der Waals surface area contributed by atoms with Crippen LogP contribution in [0.2, 0.25) is 0 Å². The molecule has 0 unspecified atom stereocenters. The van der Waals surface area contributed by atoms with E-state index in [0.29, 0.717) is 5.92 Å². The molecule has 5 aromatic rings. The van der Waals surface area contributed by atoms with Crippen LogP contribution in [0.1, 0.15) is 70.2 Å². The molecule has 4 aromatic carbocycles. The molecule has 38 heavy (non-hydrogen) atoms. The molecule has 0 N–H and O–H groups in total. The lowest BCUT2D eigenvalue weighted by molar-refractivity contribution is -0.659. The first-order valence-corrected chi connectivity index (χ1v) is 14.2. The Morgan fingerprint density at radius 3 is 2.39 bits per heavy atom. The third-order valence-electron chi connectivity index (χ3n) is 8.33. The van der Waals surface area contributed by atoms with E-state index in [1.54, 1.807) is 0 Å². The highest BCUT2D eigenvalue weighted by Gasteiger charge is 2.34. The molecule has 0 aliphatic carbocycles. The molecule has 2 heteroatoms. The molecule has 0 saturated heterocycles. The lowest BCUT2D eigenvalue weighted by atomic mass is 9.81. The van der Waals surface area contributed by atoms with E-state index in [0.717, 1.165) is 30.8 Å². The van der Waals surface area contributed by atoms with Gasteiger partial charge in [0.05, 0.1) is 10.9 Å². The first-order chi connectivity index (χ1) is 18.1. The minimum Gasteiger partial charge on any atom is -0.455 e. The number of nitrogens with zero attached hydrogens (tertiary/aromatic N) is 1. The summed E-state index contributed by atoms with van der Waals surface area (Å²) in [5.41, 5.74) is 8.01. The molecule has 0 spiro atoms. The van der Waals surface area contributed by atoms with Crippen LogP contribution in [0.5, 0.6) is 11.5 Å². The number of ether oxygens (including phenoxy) is 1. The zero-order chi connectivity index (χ0) is 26.9. The van der Waals surface area contributed by atoms with E-state index in [1.807, 2.05) is 0 Å². The second-order valence-electron chi connectivity index (χ2n) is 12.7. The second-order valence-corrected chi connectivity index (χ2v) is 12.7. The van der Waals surface area contributed by atoms with Gasteiger partial charge in [0.25, 0.3) is 0 Å². The Hall–Kier alpha value is -3.39. The maximum absolute atomic E-state index is 7.03. The predicted molar refractivity (Wildman–Crippen MR) is 162 cm³/mol. The van der Waals surface area contributed by atoms with Gasteiger partial charge in [0.1, 0.15) is 18.5 Å². The number of pyridine rings is 1. The Balaban J connectivity index is 1.76. The summed E-state index contributed by atoms with van der Waals surface area (Å²) in [6, 6.07) is 18.5. The van der Waals surface area contributed by atoms with Gasteiger partial charge in [-0.2, -0.15) is 0 Å². The average molecular weight is 503 g/mol. The third kappa shape index (κ3) is 3.72. The fraction of sp³-hybridized carbons (Fsp3) is 0.361. The van der Waals surface area contributed by atoms with Crippen molar-refractivity contribution < 1.29 is 9.30 Å². The molecule has 1 aliphatic rings. The SMILES string of the molecule is CCCc1c2c(c(C)c3cc(CC(C)C)ccc13)-c1c3c(cc4c(C(C)(C)C)cccc4c3cc[n+]1C)O2. The summed E-state index contributed by atoms with van der Waals surface area (Å²) < 4.78 is 9.34. The van der Waals surface area contributed by atoms with Gasteiger partial charge in [-0.1, -0.05) is 84.4 Å². The zero-order valence-electron chi connectivity index (χ0n) is 24.3. The first-order valence-electron chi connectivity index (χ1n) is 14.2. The van der Waals surface area contributed by atoms with Crippen molar-refractivity contribution >= 4 is 32.3 Å². The topological polar surface area (TPSA) is 13.1 Å². The molecular formula is C36H40NO+. The largest absolute Gasteiger partial charge is 0.455 e. The summed E-state index contributed by atoms with van der Waals surface area (Å²) in [4.78, 5) is 0. The minimum atomic E-state index is 0.0443. The summed E-state index contributed by atoms with van der Waals surface area (Å²) in [5.74, 6) is 2.67. The highest BCUT2D eigenvalue weighted by Crippen LogP contribution is 2.52. The highest BCUT2D eigenvalue weighted by molar-refractivity contribution is 6.17. The number of fused-ring (bicyclic) bond motifs is 5. The zero-order valence-corrected chi connectivity index (χ0v) is 24.3. The fourth-order valence-electron chi connectivity index (χ4n) is 6.66. The molecule has 0 radical (unpaired) electrons. The molecule has 0 amide bonds. The number of aromatic nitrogens is 1. The van der Waals surface area contributed by atoms with Crippen molar-refractivity contribution in [1.29, 1.82) is 0 Å². The van der Waals surface area contributed by atoms with Crippen LogP contribution in [0.4, 0.5) is 0 Å². The van der Waals surface area contributed by atoms with Crippen molar-refractivity contribution in [2.24, 2.45) is 13.0 Å². The van der Waals surface area contributed by atoms with Crippen LogP contribution < -0.4 is 9.30 Å². The van der Waals surface area contributed by atoms with E-state index in [9.17, 15) is 0 Å². The van der Waals surface area contributed by atoms with E-state index in [1.165, 1.54) is 65.8 Å². The molecule has 0 fully saturated rings. The molecule has 1 aliphatic heterocycles. The molecule has 0 bridgehead atoms. The summed E-state index contributed by atoms with van der Waals surface area (Å²) in [6.45, 7) is 16.1. The van der Waals surface area contributed by atoms with Crippen LogP contribution in [-0.2, 0) is 25.3 Å². The van der Waals surface area contributed by atoms with E-state index in [2.05, 4.69) is 115 Å². The number of aryl methyl sites for hydroxylation is 3. The maximum atomic E-state index is 7.03. The van der Waals surface area contributed by atoms with Crippen molar-refractivity contribution in [3.05, 3.63) is 77.0 Å². The molecule has 1 aromatic heterocycles. The first kappa shape index (κ1) is 24.9. The van der Waals surface area contributed by atoms with Gasteiger partial charge in [0.15, 0.2) is 6.20 Å². The summed E-state index contributed by atoms with van der Waals surface area (Å²) >= 11 is 0. The highest BCUT2D eigenvalue weighted by atomic mass is 16.5. The predicted octanol–water partition coefficient (Wildman–Crippen LogP) is 9.50. The molecule has 2 nitrogen and oxygen atoms in total. The second kappa shape index (κ2) is 8.83. The van der Waals surface area contributed by atoms with E-state index >= 15 is 0 Å². The van der Waals surface area contributed by atoms with Gasteiger partial charge in [-0.05, 0) is 75.4 Å². The quantitative estimate of drug-likeness (QED) is 0.173. The maximum Gasteiger partial charge on any atom is 0.228 e. The van der Waals surface area contributed by atoms with Gasteiger partial charge in [-0.3, -0.25) is 0 Å². The minimum absolute atomic E-state index is 0.0443. The standard InChI is InChI=1S/C36H40NO/c1-9-11-27-25-15-14-23(18-21(2)3)19-28(25)22(4)32-34-33-26(16-17-37(34)8)24-12-10-13-30(36(5,6)7)29(24)20-31(33)38-35(27)32/h10,12-17,19-21H,9,11,18H2,1-8H3/q+1. The molecule has 0 atom stereocenters. The van der Waals surface area contributed by atoms with Crippen LogP contribution in [0, 0.1) is 12.8 Å². The number of hydrogen-bond acceptors (Lipinski definition) is 1. The average Bonchev–Trinajstić information content (AvgIpc) is 2.86. The van der Waals surface area contributed by atoms with Crippen LogP contribution >= 0.6 is 0 Å². The van der Waals surface area contributed by atoms with Crippen LogP contribution in [-0.4, -0.2) is 0 Å². The summed E-state index contributed by atoms with van der Waals surface area (Å²) in [6.07, 6.45) is 5.41. The van der Waals surface area contributed by atoms with Crippen LogP contribution in [0.3, 0.4) is 0 Å².